The van der Waals surface area contributed by atoms with Crippen molar-refractivity contribution >= 4 is 5.91 Å². The van der Waals surface area contributed by atoms with Crippen LogP contribution in [0.3, 0.4) is 0 Å². The third kappa shape index (κ3) is 35.5. The predicted molar refractivity (Wildman–Crippen MR) is 167 cm³/mol. The molecule has 0 aliphatic carbocycles. The van der Waals surface area contributed by atoms with Gasteiger partial charge in [-0.05, 0) is 6.42 Å². The molecule has 0 spiro atoms. The van der Waals surface area contributed by atoms with Gasteiger partial charge in [0.1, 0.15) is 0 Å². The molecule has 0 radical (unpaired) electrons. The Morgan fingerprint density at radius 1 is 0.324 bits per heavy atom. The van der Waals surface area contributed by atoms with Crippen LogP contribution in [0.15, 0.2) is 0 Å². The smallest absolute Gasteiger partial charge is 0.217 e. The molecule has 0 aromatic carbocycles. The molecular formula is C35H71NO. The van der Waals surface area contributed by atoms with Crippen LogP contribution in [0.2, 0.25) is 0 Å². The average Bonchev–Trinajstić information content (AvgIpc) is 2.89. The van der Waals surface area contributed by atoms with Crippen LogP contribution in [0, 0.1) is 0 Å². The second-order valence-corrected chi connectivity index (χ2v) is 12.2. The summed E-state index contributed by atoms with van der Waals surface area (Å²) in [6.07, 6.45) is 46.2. The largest absolute Gasteiger partial charge is 0.370 e. The number of hydrogen-bond acceptors (Lipinski definition) is 1. The van der Waals surface area contributed by atoms with Gasteiger partial charge in [-0.1, -0.05) is 206 Å². The molecule has 0 saturated carbocycles. The number of primary amides is 1. The Bertz CT molecular complexity index is 421. The number of carbonyl (C=O) groups excluding carboxylic acids is 1. The highest BCUT2D eigenvalue weighted by molar-refractivity contribution is 5.73. The Balaban J connectivity index is 3.02. The monoisotopic (exact) mass is 522 g/mol. The van der Waals surface area contributed by atoms with Crippen LogP contribution in [0.4, 0.5) is 0 Å². The van der Waals surface area contributed by atoms with Gasteiger partial charge in [0.05, 0.1) is 0 Å². The molecule has 222 valence electrons. The van der Waals surface area contributed by atoms with E-state index >= 15 is 0 Å². The molecule has 0 atom stereocenters. The summed E-state index contributed by atoms with van der Waals surface area (Å²) in [5, 5.41) is 0. The van der Waals surface area contributed by atoms with Crippen molar-refractivity contribution in [2.45, 2.75) is 219 Å². The standard InChI is InChI=1S/C35H71NO/c1-2-3-4-5-6-7-8-9-10-11-12-13-14-15-16-17-18-19-20-21-22-23-24-25-26-27-28-29-30-31-32-33-34-35(36)37/h2-34H2,1H3,(H2,36,37). The van der Waals surface area contributed by atoms with Crippen molar-refractivity contribution in [2.75, 3.05) is 0 Å². The van der Waals surface area contributed by atoms with Crippen molar-refractivity contribution in [1.29, 1.82) is 0 Å². The number of carbonyl (C=O) groups is 1. The number of rotatable bonds is 33. The fourth-order valence-electron chi connectivity index (χ4n) is 5.68. The van der Waals surface area contributed by atoms with Crippen molar-refractivity contribution in [1.82, 2.24) is 0 Å². The third-order valence-electron chi connectivity index (χ3n) is 8.28. The van der Waals surface area contributed by atoms with E-state index in [0.29, 0.717) is 6.42 Å². The van der Waals surface area contributed by atoms with Crippen LogP contribution in [0.1, 0.15) is 219 Å². The van der Waals surface area contributed by atoms with Crippen LogP contribution < -0.4 is 5.73 Å². The van der Waals surface area contributed by atoms with Gasteiger partial charge < -0.3 is 5.73 Å². The molecule has 0 aliphatic heterocycles. The lowest BCUT2D eigenvalue weighted by atomic mass is 10.0. The summed E-state index contributed by atoms with van der Waals surface area (Å²) in [6, 6.07) is 0. The molecule has 0 aromatic heterocycles. The number of amides is 1. The Morgan fingerprint density at radius 3 is 0.649 bits per heavy atom. The van der Waals surface area contributed by atoms with Gasteiger partial charge in [-0.25, -0.2) is 0 Å². The fraction of sp³-hybridized carbons (Fsp3) is 0.971. The molecule has 2 N–H and O–H groups in total. The highest BCUT2D eigenvalue weighted by atomic mass is 16.1. The normalized spacial score (nSPS) is 11.4. The molecule has 0 heterocycles. The Hall–Kier alpha value is -0.530. The summed E-state index contributed by atoms with van der Waals surface area (Å²) in [5.41, 5.74) is 5.17. The van der Waals surface area contributed by atoms with E-state index in [1.54, 1.807) is 0 Å². The van der Waals surface area contributed by atoms with E-state index in [0.717, 1.165) is 6.42 Å². The molecule has 2 nitrogen and oxygen atoms in total. The van der Waals surface area contributed by atoms with Crippen molar-refractivity contribution < 1.29 is 4.79 Å². The van der Waals surface area contributed by atoms with Crippen molar-refractivity contribution in [2.24, 2.45) is 5.73 Å². The number of nitrogens with two attached hydrogens (primary N) is 1. The average molecular weight is 522 g/mol. The molecule has 37 heavy (non-hydrogen) atoms. The second-order valence-electron chi connectivity index (χ2n) is 12.2. The lowest BCUT2D eigenvalue weighted by molar-refractivity contribution is -0.118. The van der Waals surface area contributed by atoms with Gasteiger partial charge in [0.25, 0.3) is 0 Å². The first kappa shape index (κ1) is 36.5. The third-order valence-corrected chi connectivity index (χ3v) is 8.28. The minimum Gasteiger partial charge on any atom is -0.370 e. The lowest BCUT2D eigenvalue weighted by Gasteiger charge is -2.04. The summed E-state index contributed by atoms with van der Waals surface area (Å²) < 4.78 is 0. The van der Waals surface area contributed by atoms with E-state index in [9.17, 15) is 4.79 Å². The quantitative estimate of drug-likeness (QED) is 0.0857. The van der Waals surface area contributed by atoms with E-state index in [-0.39, 0.29) is 5.91 Å². The maximum Gasteiger partial charge on any atom is 0.217 e. The van der Waals surface area contributed by atoms with Gasteiger partial charge in [0.2, 0.25) is 5.91 Å². The molecule has 0 bridgehead atoms. The van der Waals surface area contributed by atoms with Crippen LogP contribution >= 0.6 is 0 Å². The highest BCUT2D eigenvalue weighted by Gasteiger charge is 1.98. The molecule has 0 aliphatic rings. The van der Waals surface area contributed by atoms with Gasteiger partial charge >= 0.3 is 0 Å². The van der Waals surface area contributed by atoms with Crippen molar-refractivity contribution in [3.05, 3.63) is 0 Å². The Morgan fingerprint density at radius 2 is 0.486 bits per heavy atom. The van der Waals surface area contributed by atoms with Gasteiger partial charge in [0, 0.05) is 6.42 Å². The first-order valence-electron chi connectivity index (χ1n) is 17.6. The van der Waals surface area contributed by atoms with Crippen molar-refractivity contribution in [3.8, 4) is 0 Å². The van der Waals surface area contributed by atoms with Crippen LogP contribution in [0.25, 0.3) is 0 Å². The van der Waals surface area contributed by atoms with Crippen molar-refractivity contribution in [3.63, 3.8) is 0 Å². The maximum absolute atomic E-state index is 10.7. The summed E-state index contributed by atoms with van der Waals surface area (Å²) in [5.74, 6) is -0.148. The van der Waals surface area contributed by atoms with E-state index in [1.807, 2.05) is 0 Å². The molecule has 0 aromatic rings. The van der Waals surface area contributed by atoms with Gasteiger partial charge in [-0.2, -0.15) is 0 Å². The molecular weight excluding hydrogens is 450 g/mol. The number of unbranched alkanes of at least 4 members (excludes halogenated alkanes) is 31. The van der Waals surface area contributed by atoms with Gasteiger partial charge in [-0.15, -0.1) is 0 Å². The summed E-state index contributed by atoms with van der Waals surface area (Å²) in [7, 11) is 0. The Kier molecular flexibility index (Phi) is 33.0. The van der Waals surface area contributed by atoms with Crippen LogP contribution in [-0.4, -0.2) is 5.91 Å². The van der Waals surface area contributed by atoms with E-state index in [1.165, 1.54) is 199 Å². The molecule has 0 saturated heterocycles. The summed E-state index contributed by atoms with van der Waals surface area (Å²) in [4.78, 5) is 10.7. The topological polar surface area (TPSA) is 43.1 Å². The van der Waals surface area contributed by atoms with Gasteiger partial charge in [0.15, 0.2) is 0 Å². The van der Waals surface area contributed by atoms with E-state index < -0.39 is 0 Å². The Labute approximate surface area is 235 Å². The first-order valence-corrected chi connectivity index (χ1v) is 17.6. The predicted octanol–water partition coefficient (Wildman–Crippen LogP) is 12.4. The molecule has 1 amide bonds. The first-order chi connectivity index (χ1) is 18.3. The zero-order valence-electron chi connectivity index (χ0n) is 25.8. The van der Waals surface area contributed by atoms with E-state index in [4.69, 9.17) is 5.73 Å². The molecule has 0 unspecified atom stereocenters. The summed E-state index contributed by atoms with van der Waals surface area (Å²) >= 11 is 0. The zero-order chi connectivity index (χ0) is 26.9. The minimum atomic E-state index is -0.148. The molecule has 0 fully saturated rings. The maximum atomic E-state index is 10.7. The SMILES string of the molecule is CCCCCCCCCCCCCCCCCCCCCCCCCCCCCCCCCCC(N)=O. The number of hydrogen-bond donors (Lipinski definition) is 1. The molecule has 2 heteroatoms. The summed E-state index contributed by atoms with van der Waals surface area (Å²) in [6.45, 7) is 2.30. The van der Waals surface area contributed by atoms with E-state index in [2.05, 4.69) is 6.92 Å². The molecule has 0 rings (SSSR count). The van der Waals surface area contributed by atoms with Crippen LogP contribution in [0.5, 0.6) is 0 Å². The van der Waals surface area contributed by atoms with Crippen LogP contribution in [-0.2, 0) is 4.79 Å². The minimum absolute atomic E-state index is 0.148. The fourth-order valence-corrected chi connectivity index (χ4v) is 5.68. The second kappa shape index (κ2) is 33.5. The highest BCUT2D eigenvalue weighted by Crippen LogP contribution is 2.16. The van der Waals surface area contributed by atoms with Gasteiger partial charge in [-0.3, -0.25) is 4.79 Å². The lowest BCUT2D eigenvalue weighted by Crippen LogP contribution is -2.09. The zero-order valence-corrected chi connectivity index (χ0v) is 25.8.